The quantitative estimate of drug-likeness (QED) is 0.185. The molecule has 0 fully saturated rings. The van der Waals surface area contributed by atoms with Gasteiger partial charge >= 0.3 is 6.97 Å². The molecule has 0 spiro atoms. The van der Waals surface area contributed by atoms with Crippen LogP contribution in [0.4, 0.5) is 42.9 Å². The van der Waals surface area contributed by atoms with Crippen molar-refractivity contribution in [1.82, 2.24) is 0 Å². The van der Waals surface area contributed by atoms with E-state index < -0.39 is 6.97 Å². The Morgan fingerprint density at radius 3 is 2.09 bits per heavy atom. The van der Waals surface area contributed by atoms with Crippen LogP contribution in [0.25, 0.3) is 32.8 Å². The van der Waals surface area contributed by atoms with Crippen molar-refractivity contribution in [2.45, 2.75) is 0 Å². The minimum atomic E-state index is -4.29. The van der Waals surface area contributed by atoms with Crippen LogP contribution in [0.3, 0.4) is 0 Å². The highest BCUT2D eigenvalue weighted by atomic mass is 19.2. The predicted octanol–water partition coefficient (Wildman–Crippen LogP) is 9.60. The largest absolute Gasteiger partial charge is 0.643 e. The smallest absolute Gasteiger partial charge is 0.414 e. The number of pyridine rings is 1. The summed E-state index contributed by atoms with van der Waals surface area (Å²) in [4.78, 5) is 9.82. The van der Waals surface area contributed by atoms with Crippen molar-refractivity contribution in [3.63, 3.8) is 0 Å². The Morgan fingerprint density at radius 2 is 1.32 bits per heavy atom. The van der Waals surface area contributed by atoms with Gasteiger partial charge in [0.15, 0.2) is 0 Å². The van der Waals surface area contributed by atoms with Gasteiger partial charge in [0.25, 0.3) is 11.8 Å². The summed E-state index contributed by atoms with van der Waals surface area (Å²) in [5.41, 5.74) is 6.37. The van der Waals surface area contributed by atoms with Gasteiger partial charge in [-0.2, -0.15) is 0 Å². The SMILES string of the molecule is CN1C2=Nc3ccc4cc(-c5cccc6ccccc56)ccc4[n+]3[B-](F)(F)N2c2ccc(N(c3ccccc3)c3ccccc3)cc21. The van der Waals surface area contributed by atoms with Crippen LogP contribution in [0.2, 0.25) is 0 Å². The molecule has 6 aromatic carbocycles. The van der Waals surface area contributed by atoms with E-state index in [0.717, 1.165) is 53.6 Å². The minimum absolute atomic E-state index is 0.208. The van der Waals surface area contributed by atoms with E-state index >= 15 is 8.63 Å². The second-order valence-corrected chi connectivity index (χ2v) is 12.0. The molecule has 0 saturated heterocycles. The van der Waals surface area contributed by atoms with E-state index in [9.17, 15) is 0 Å². The number of hydrogen-bond acceptors (Lipinski definition) is 4. The highest BCUT2D eigenvalue weighted by Crippen LogP contribution is 2.46. The molecule has 9 rings (SSSR count). The number of aromatic nitrogens is 1. The zero-order chi connectivity index (χ0) is 31.7. The summed E-state index contributed by atoms with van der Waals surface area (Å²) in [6, 6.07) is 49.5. The van der Waals surface area contributed by atoms with Crippen molar-refractivity contribution in [2.24, 2.45) is 4.99 Å². The lowest BCUT2D eigenvalue weighted by atomic mass is 9.89. The number of benzene rings is 6. The number of aliphatic imine (C=N–C) groups is 1. The molecule has 0 saturated carbocycles. The number of rotatable bonds is 4. The summed E-state index contributed by atoms with van der Waals surface area (Å²) in [6.45, 7) is -4.29. The minimum Gasteiger partial charge on any atom is -0.414 e. The van der Waals surface area contributed by atoms with Gasteiger partial charge in [0.05, 0.1) is 11.2 Å². The van der Waals surface area contributed by atoms with Gasteiger partial charge in [-0.05, 0) is 87.6 Å². The Bertz CT molecular complexity index is 2340. The van der Waals surface area contributed by atoms with E-state index in [2.05, 4.69) is 29.2 Å². The molecule has 0 atom stereocenters. The molecule has 1 aromatic heterocycles. The van der Waals surface area contributed by atoms with Crippen LogP contribution < -0.4 is 19.1 Å². The zero-order valence-electron chi connectivity index (χ0n) is 25.5. The number of fused-ring (bicyclic) bond motifs is 7. The molecule has 2 aliphatic heterocycles. The van der Waals surface area contributed by atoms with Gasteiger partial charge in [-0.15, -0.1) is 0 Å². The topological polar surface area (TPSA) is 26.0 Å². The van der Waals surface area contributed by atoms with Gasteiger partial charge < -0.3 is 22.8 Å². The number of para-hydroxylation sites is 2. The van der Waals surface area contributed by atoms with Crippen LogP contribution >= 0.6 is 0 Å². The molecular formula is C39H28BF2N5. The van der Waals surface area contributed by atoms with Crippen molar-refractivity contribution in [3.8, 4) is 11.1 Å². The van der Waals surface area contributed by atoms with E-state index in [4.69, 9.17) is 4.99 Å². The lowest BCUT2D eigenvalue weighted by molar-refractivity contribution is -0.524. The molecule has 0 radical (unpaired) electrons. The third kappa shape index (κ3) is 4.14. The summed E-state index contributed by atoms with van der Waals surface area (Å²) >= 11 is 0. The number of halogens is 2. The van der Waals surface area contributed by atoms with Crippen molar-refractivity contribution in [2.75, 3.05) is 21.7 Å². The number of nitrogens with zero attached hydrogens (tertiary/aromatic N) is 5. The van der Waals surface area contributed by atoms with Crippen LogP contribution in [0, 0.1) is 0 Å². The predicted molar refractivity (Wildman–Crippen MR) is 190 cm³/mol. The second-order valence-electron chi connectivity index (χ2n) is 12.0. The number of anilines is 5. The fourth-order valence-electron chi connectivity index (χ4n) is 7.09. The summed E-state index contributed by atoms with van der Waals surface area (Å²) in [5.74, 6) is 0.432. The Labute approximate surface area is 270 Å². The van der Waals surface area contributed by atoms with Crippen LogP contribution in [0.5, 0.6) is 0 Å². The molecule has 47 heavy (non-hydrogen) atoms. The molecule has 0 bridgehead atoms. The molecule has 0 aliphatic carbocycles. The van der Waals surface area contributed by atoms with Crippen molar-refractivity contribution in [1.29, 1.82) is 0 Å². The van der Waals surface area contributed by atoms with Crippen LogP contribution in [0.15, 0.2) is 157 Å². The third-order valence-electron chi connectivity index (χ3n) is 9.26. The first-order valence-electron chi connectivity index (χ1n) is 15.6. The molecule has 7 aromatic rings. The number of guanidine groups is 1. The first-order chi connectivity index (χ1) is 23.0. The molecule has 0 unspecified atom stereocenters. The Kier molecular flexibility index (Phi) is 5.96. The van der Waals surface area contributed by atoms with E-state index in [0.29, 0.717) is 16.9 Å². The summed E-state index contributed by atoms with van der Waals surface area (Å²) in [5, 5.41) is 2.99. The molecule has 0 N–H and O–H groups in total. The van der Waals surface area contributed by atoms with Gasteiger partial charge in [0.1, 0.15) is 0 Å². The molecule has 8 heteroatoms. The summed E-state index contributed by atoms with van der Waals surface area (Å²) < 4.78 is 35.1. The highest BCUT2D eigenvalue weighted by molar-refractivity contribution is 6.69. The molecule has 3 heterocycles. The van der Waals surface area contributed by atoms with Gasteiger partial charge in [0.2, 0.25) is 0 Å². The highest BCUT2D eigenvalue weighted by Gasteiger charge is 2.55. The standard InChI is InChI=1S/C39H28BF2N5/c1-44-37-26-32(45(30-13-4-2-5-14-30)31-15-6-3-7-16-31)21-23-36(37)47-39(44)43-38-24-20-29-25-28(19-22-35(29)46(38)40(47,41)42)34-18-10-12-27-11-8-9-17-33(27)34/h2-26H,1H3. The monoisotopic (exact) mass is 615 g/mol. The fourth-order valence-corrected chi connectivity index (χ4v) is 7.09. The van der Waals surface area contributed by atoms with Crippen molar-refractivity contribution in [3.05, 3.63) is 152 Å². The maximum absolute atomic E-state index is 17.0. The molecule has 2 aliphatic rings. The van der Waals surface area contributed by atoms with Crippen LogP contribution in [0.1, 0.15) is 0 Å². The van der Waals surface area contributed by atoms with E-state index in [1.165, 1.54) is 0 Å². The van der Waals surface area contributed by atoms with Gasteiger partial charge in [-0.25, -0.2) is 0 Å². The Morgan fingerprint density at radius 1 is 0.617 bits per heavy atom. The molecule has 0 amide bonds. The number of hydrogen-bond donors (Lipinski definition) is 0. The molecule has 5 nitrogen and oxygen atoms in total. The maximum Gasteiger partial charge on any atom is 0.643 e. The van der Waals surface area contributed by atoms with Gasteiger partial charge in [-0.1, -0.05) is 84.9 Å². The second kappa shape index (κ2) is 10.3. The Balaban J connectivity index is 1.16. The van der Waals surface area contributed by atoms with Gasteiger partial charge in [0, 0.05) is 41.2 Å². The average molecular weight is 615 g/mol. The van der Waals surface area contributed by atoms with Crippen LogP contribution in [-0.4, -0.2) is 20.0 Å². The first-order valence-corrected chi connectivity index (χ1v) is 15.6. The van der Waals surface area contributed by atoms with Gasteiger partial charge in [-0.3, -0.25) is 4.90 Å². The van der Waals surface area contributed by atoms with E-state index in [-0.39, 0.29) is 11.8 Å². The maximum atomic E-state index is 17.0. The molecular weight excluding hydrogens is 587 g/mol. The summed E-state index contributed by atoms with van der Waals surface area (Å²) in [7, 11) is 1.80. The van der Waals surface area contributed by atoms with Crippen molar-refractivity contribution >= 4 is 68.9 Å². The summed E-state index contributed by atoms with van der Waals surface area (Å²) in [6.07, 6.45) is 0. The zero-order valence-corrected chi connectivity index (χ0v) is 25.5. The lowest BCUT2D eigenvalue weighted by Crippen LogP contribution is -2.73. The normalized spacial score (nSPS) is 14.5. The average Bonchev–Trinajstić information content (AvgIpc) is 3.40. The Hall–Kier alpha value is -6.02. The van der Waals surface area contributed by atoms with Crippen molar-refractivity contribution < 1.29 is 13.1 Å². The third-order valence-corrected chi connectivity index (χ3v) is 9.26. The lowest BCUT2D eigenvalue weighted by Gasteiger charge is -2.36. The van der Waals surface area contributed by atoms with Crippen LogP contribution in [-0.2, 0) is 0 Å². The van der Waals surface area contributed by atoms with E-state index in [1.54, 1.807) is 30.1 Å². The van der Waals surface area contributed by atoms with E-state index in [1.807, 2.05) is 109 Å². The molecule has 226 valence electrons. The first kappa shape index (κ1) is 27.3. The fraction of sp³-hybridized carbons (Fsp3) is 0.0256.